The summed E-state index contributed by atoms with van der Waals surface area (Å²) < 4.78 is 198. The van der Waals surface area contributed by atoms with E-state index in [-0.39, 0.29) is 12.1 Å². The molecule has 0 heterocycles. The van der Waals surface area contributed by atoms with Gasteiger partial charge >= 0.3 is 18.5 Å². The van der Waals surface area contributed by atoms with Crippen LogP contribution in [0.5, 0.6) is 23.0 Å². The Labute approximate surface area is 206 Å². The molecule has 0 unspecified atom stereocenters. The Morgan fingerprint density at radius 3 is 1.15 bits per heavy atom. The third-order valence-electron chi connectivity index (χ3n) is 4.80. The molecule has 0 atom stereocenters. The Morgan fingerprint density at radius 2 is 0.795 bits per heavy atom. The number of nitrogens with two attached hydrogens (primary N) is 2. The number of anilines is 2. The van der Waals surface area contributed by atoms with Crippen molar-refractivity contribution in [1.29, 1.82) is 0 Å². The van der Waals surface area contributed by atoms with Crippen LogP contribution in [0.15, 0.2) is 24.3 Å². The molecule has 3 aromatic rings. The SMILES string of the molecule is Nc1c(C(F)(F)F)cc(F)c(Oc2cc(Oc3c(F)cc(C(F)(F)F)c(N)c3F)c(C(F)(F)F)cc2F)c1F. The Bertz CT molecular complexity index is 1450. The third kappa shape index (κ3) is 5.68. The first-order valence-corrected chi connectivity index (χ1v) is 9.60. The van der Waals surface area contributed by atoms with Crippen molar-refractivity contribution in [2.45, 2.75) is 18.5 Å². The van der Waals surface area contributed by atoms with Gasteiger partial charge < -0.3 is 20.9 Å². The highest BCUT2D eigenvalue weighted by molar-refractivity contribution is 5.58. The Morgan fingerprint density at radius 1 is 0.462 bits per heavy atom. The topological polar surface area (TPSA) is 70.5 Å². The van der Waals surface area contributed by atoms with E-state index in [4.69, 9.17) is 11.5 Å². The smallest absolute Gasteiger partial charge is 0.420 e. The Kier molecular flexibility index (Phi) is 7.22. The number of ether oxygens (including phenoxy) is 2. The summed E-state index contributed by atoms with van der Waals surface area (Å²) >= 11 is 0. The third-order valence-corrected chi connectivity index (χ3v) is 4.80. The molecule has 0 saturated carbocycles. The maximum atomic E-state index is 14.4. The first kappa shape index (κ1) is 29.4. The quantitative estimate of drug-likeness (QED) is 0.239. The fourth-order valence-electron chi connectivity index (χ4n) is 3.03. The molecule has 0 amide bonds. The average Bonchev–Trinajstić information content (AvgIpc) is 2.78. The fraction of sp³-hybridized carbons (Fsp3) is 0.143. The van der Waals surface area contributed by atoms with Crippen LogP contribution in [0.25, 0.3) is 0 Å². The second kappa shape index (κ2) is 9.57. The number of alkyl halides is 9. The predicted molar refractivity (Wildman–Crippen MR) is 103 cm³/mol. The molecule has 3 rings (SSSR count). The molecule has 0 saturated heterocycles. The zero-order valence-corrected chi connectivity index (χ0v) is 18.1. The van der Waals surface area contributed by atoms with Gasteiger partial charge in [0.2, 0.25) is 11.5 Å². The first-order valence-electron chi connectivity index (χ1n) is 9.60. The minimum Gasteiger partial charge on any atom is -0.450 e. The summed E-state index contributed by atoms with van der Waals surface area (Å²) in [5.74, 6) is -18.2. The Hall–Kier alpha value is -4.12. The molecule has 0 bridgehead atoms. The van der Waals surface area contributed by atoms with Crippen LogP contribution in [0.2, 0.25) is 0 Å². The maximum absolute atomic E-state index is 14.4. The number of nitrogen functional groups attached to an aromatic ring is 2. The maximum Gasteiger partial charge on any atom is 0.420 e. The molecule has 0 fully saturated rings. The summed E-state index contributed by atoms with van der Waals surface area (Å²) in [6, 6.07) is -1.44. The van der Waals surface area contributed by atoms with Gasteiger partial charge in [0.15, 0.2) is 34.8 Å². The summed E-state index contributed by atoms with van der Waals surface area (Å²) in [5, 5.41) is 0. The summed E-state index contributed by atoms with van der Waals surface area (Å²) in [6.07, 6.45) is -16.4. The molecule has 0 aliphatic carbocycles. The Balaban J connectivity index is 2.18. The van der Waals surface area contributed by atoms with Crippen molar-refractivity contribution >= 4 is 11.4 Å². The second-order valence-electron chi connectivity index (χ2n) is 7.40. The number of hydrogen-bond acceptors (Lipinski definition) is 4. The zero-order chi connectivity index (χ0) is 29.8. The lowest BCUT2D eigenvalue weighted by atomic mass is 10.1. The minimum absolute atomic E-state index is 0.183. The van der Waals surface area contributed by atoms with Crippen LogP contribution in [-0.4, -0.2) is 0 Å². The number of benzene rings is 3. The molecule has 4 N–H and O–H groups in total. The lowest BCUT2D eigenvalue weighted by Gasteiger charge is -2.19. The van der Waals surface area contributed by atoms with E-state index in [1.165, 1.54) is 0 Å². The van der Waals surface area contributed by atoms with Crippen molar-refractivity contribution in [2.75, 3.05) is 11.5 Å². The van der Waals surface area contributed by atoms with Gasteiger partial charge in [-0.1, -0.05) is 0 Å². The van der Waals surface area contributed by atoms with Gasteiger partial charge in [0, 0.05) is 6.07 Å². The summed E-state index contributed by atoms with van der Waals surface area (Å²) in [4.78, 5) is 0. The summed E-state index contributed by atoms with van der Waals surface area (Å²) in [5.41, 5.74) is 0.112. The highest BCUT2D eigenvalue weighted by atomic mass is 19.4. The van der Waals surface area contributed by atoms with Crippen molar-refractivity contribution in [3.8, 4) is 23.0 Å². The van der Waals surface area contributed by atoms with E-state index in [1.54, 1.807) is 0 Å². The largest absolute Gasteiger partial charge is 0.450 e. The molecule has 0 aliphatic rings. The molecule has 0 aromatic heterocycles. The van der Waals surface area contributed by atoms with E-state index in [0.29, 0.717) is 0 Å². The normalized spacial score (nSPS) is 12.6. The minimum atomic E-state index is -5.58. The number of halogens is 14. The number of rotatable bonds is 4. The molecule has 39 heavy (non-hydrogen) atoms. The van der Waals surface area contributed by atoms with E-state index in [1.807, 2.05) is 0 Å². The fourth-order valence-corrected chi connectivity index (χ4v) is 3.03. The summed E-state index contributed by atoms with van der Waals surface area (Å²) in [6.45, 7) is 0. The second-order valence-corrected chi connectivity index (χ2v) is 7.40. The number of hydrogen-bond donors (Lipinski definition) is 2. The van der Waals surface area contributed by atoms with E-state index in [0.717, 1.165) is 0 Å². The molecule has 18 heteroatoms. The van der Waals surface area contributed by atoms with Crippen molar-refractivity contribution in [2.24, 2.45) is 0 Å². The molecule has 4 nitrogen and oxygen atoms in total. The van der Waals surface area contributed by atoms with Crippen LogP contribution in [-0.2, 0) is 18.5 Å². The molecule has 0 aliphatic heterocycles. The molecular weight excluding hydrogens is 578 g/mol. The van der Waals surface area contributed by atoms with Gasteiger partial charge in [-0.05, 0) is 18.2 Å². The van der Waals surface area contributed by atoms with E-state index < -0.39 is 111 Å². The molecule has 3 aromatic carbocycles. The van der Waals surface area contributed by atoms with E-state index in [2.05, 4.69) is 9.47 Å². The van der Waals surface area contributed by atoms with Crippen LogP contribution in [0.4, 0.5) is 72.8 Å². The zero-order valence-electron chi connectivity index (χ0n) is 18.1. The molecular formula is C21H8F14N2O2. The van der Waals surface area contributed by atoms with Gasteiger partial charge in [-0.3, -0.25) is 0 Å². The van der Waals surface area contributed by atoms with Gasteiger partial charge in [-0.2, -0.15) is 39.5 Å². The van der Waals surface area contributed by atoms with E-state index >= 15 is 0 Å². The van der Waals surface area contributed by atoms with Crippen molar-refractivity contribution in [1.82, 2.24) is 0 Å². The monoisotopic (exact) mass is 586 g/mol. The van der Waals surface area contributed by atoms with Crippen LogP contribution < -0.4 is 20.9 Å². The molecule has 0 radical (unpaired) electrons. The van der Waals surface area contributed by atoms with Crippen LogP contribution in [0, 0.1) is 29.1 Å². The van der Waals surface area contributed by atoms with Crippen molar-refractivity contribution in [3.63, 3.8) is 0 Å². The van der Waals surface area contributed by atoms with Crippen LogP contribution in [0.1, 0.15) is 16.7 Å². The summed E-state index contributed by atoms with van der Waals surface area (Å²) in [7, 11) is 0. The molecule has 0 spiro atoms. The van der Waals surface area contributed by atoms with Gasteiger partial charge in [-0.15, -0.1) is 0 Å². The lowest BCUT2D eigenvalue weighted by Crippen LogP contribution is -2.13. The highest BCUT2D eigenvalue weighted by Gasteiger charge is 2.40. The average molecular weight is 586 g/mol. The van der Waals surface area contributed by atoms with Crippen LogP contribution >= 0.6 is 0 Å². The van der Waals surface area contributed by atoms with Gasteiger partial charge in [0.05, 0.1) is 22.5 Å². The van der Waals surface area contributed by atoms with Gasteiger partial charge in [-0.25, -0.2) is 22.0 Å². The van der Waals surface area contributed by atoms with Crippen molar-refractivity contribution in [3.05, 3.63) is 70.0 Å². The van der Waals surface area contributed by atoms with E-state index in [9.17, 15) is 61.5 Å². The standard InChI is InChI=1S/C21H8F14N2O2/c22-8-1-5(19(27,28)29)11(38-17-9(23)2-6(20(30,31)32)15(36)13(17)25)4-12(8)39-18-10(24)3-7(21(33,34)35)16(37)14(18)26/h1-4H,36-37H2. The predicted octanol–water partition coefficient (Wildman–Crippen LogP) is 8.19. The van der Waals surface area contributed by atoms with Gasteiger partial charge in [0.1, 0.15) is 11.3 Å². The highest BCUT2D eigenvalue weighted by Crippen LogP contribution is 2.46. The molecule has 212 valence electrons. The van der Waals surface area contributed by atoms with Crippen molar-refractivity contribution < 1.29 is 70.9 Å². The van der Waals surface area contributed by atoms with Gasteiger partial charge in [0.25, 0.3) is 0 Å². The lowest BCUT2D eigenvalue weighted by molar-refractivity contribution is -0.139. The first-order chi connectivity index (χ1) is 17.6. The van der Waals surface area contributed by atoms with Crippen LogP contribution in [0.3, 0.4) is 0 Å².